The van der Waals surface area contributed by atoms with E-state index in [9.17, 15) is 60.7 Å². The zero-order chi connectivity index (χ0) is 38.8. The Morgan fingerprint density at radius 1 is 0.722 bits per heavy atom. The molecule has 0 radical (unpaired) electrons. The van der Waals surface area contributed by atoms with E-state index < -0.39 is 103 Å². The van der Waals surface area contributed by atoms with Crippen LogP contribution in [0.3, 0.4) is 0 Å². The molecular formula is C36H36O18. The van der Waals surface area contributed by atoms with Gasteiger partial charge in [0.05, 0.1) is 6.61 Å². The first kappa shape index (κ1) is 38.4. The fraction of sp³-hybridized carbons (Fsp3) is 0.333. The number of aliphatic hydroxyl groups is 7. The second kappa shape index (κ2) is 16.0. The SMILES string of the molecule is O=C(/C=C/c1ccc(O)cc1)OCC1O[C@@H](Oc2c(-c3ccc(O)cc3)oc3cc(O[C@@H]4OC(CO)[C@H](O)[C@H](O)C4O)cc(O)c3c2=O)C(O)C(O)[C@H]1O. The van der Waals surface area contributed by atoms with Crippen LogP contribution in [0, 0.1) is 0 Å². The van der Waals surface area contributed by atoms with E-state index in [1.54, 1.807) is 12.1 Å². The number of hydrogen-bond acceptors (Lipinski definition) is 18. The molecule has 0 aliphatic carbocycles. The van der Waals surface area contributed by atoms with Gasteiger partial charge in [-0.1, -0.05) is 12.1 Å². The Balaban J connectivity index is 1.29. The highest BCUT2D eigenvalue weighted by atomic mass is 16.7. The Morgan fingerprint density at radius 2 is 1.30 bits per heavy atom. The third-order valence-electron chi connectivity index (χ3n) is 8.73. The summed E-state index contributed by atoms with van der Waals surface area (Å²) in [6.45, 7) is -1.37. The van der Waals surface area contributed by atoms with Gasteiger partial charge in [0.1, 0.15) is 89.4 Å². The summed E-state index contributed by atoms with van der Waals surface area (Å²) in [5.41, 5.74) is -0.665. The number of phenols is 3. The van der Waals surface area contributed by atoms with Gasteiger partial charge in [0.2, 0.25) is 23.8 Å². The summed E-state index contributed by atoms with van der Waals surface area (Å²) in [5.74, 6) is -2.99. The average molecular weight is 757 g/mol. The highest BCUT2D eigenvalue weighted by molar-refractivity contribution is 5.88. The van der Waals surface area contributed by atoms with Crippen molar-refractivity contribution in [3.05, 3.63) is 82.5 Å². The molecule has 10 atom stereocenters. The summed E-state index contributed by atoms with van der Waals surface area (Å²) in [5, 5.41) is 102. The number of phenolic OH excluding ortho intramolecular Hbond substituents is 3. The minimum atomic E-state index is -1.98. The highest BCUT2D eigenvalue weighted by Crippen LogP contribution is 2.38. The van der Waals surface area contributed by atoms with E-state index >= 15 is 0 Å². The van der Waals surface area contributed by atoms with Gasteiger partial charge in [-0.25, -0.2) is 4.79 Å². The lowest BCUT2D eigenvalue weighted by molar-refractivity contribution is -0.278. The fourth-order valence-electron chi connectivity index (χ4n) is 5.76. The molecular weight excluding hydrogens is 720 g/mol. The Kier molecular flexibility index (Phi) is 11.4. The molecule has 288 valence electrons. The summed E-state index contributed by atoms with van der Waals surface area (Å²) in [6.07, 6.45) is -14.8. The third kappa shape index (κ3) is 7.97. The number of ether oxygens (including phenoxy) is 5. The molecule has 0 spiro atoms. The molecule has 18 nitrogen and oxygen atoms in total. The van der Waals surface area contributed by atoms with Crippen molar-refractivity contribution >= 4 is 23.0 Å². The molecule has 5 unspecified atom stereocenters. The van der Waals surface area contributed by atoms with Crippen LogP contribution in [0.5, 0.6) is 28.7 Å². The Labute approximate surface area is 304 Å². The van der Waals surface area contributed by atoms with E-state index in [2.05, 4.69) is 0 Å². The van der Waals surface area contributed by atoms with Crippen LogP contribution in [-0.4, -0.2) is 132 Å². The van der Waals surface area contributed by atoms with Crippen molar-refractivity contribution in [2.75, 3.05) is 13.2 Å². The number of aromatic hydroxyl groups is 3. The normalized spacial score (nSPS) is 28.6. The molecule has 0 amide bonds. The van der Waals surface area contributed by atoms with Crippen LogP contribution in [0.25, 0.3) is 28.4 Å². The molecule has 2 fully saturated rings. The average Bonchev–Trinajstić information content (AvgIpc) is 3.15. The number of esters is 1. The number of rotatable bonds is 10. The van der Waals surface area contributed by atoms with Crippen molar-refractivity contribution in [3.63, 3.8) is 0 Å². The van der Waals surface area contributed by atoms with E-state index in [0.717, 1.165) is 18.2 Å². The first-order valence-electron chi connectivity index (χ1n) is 16.4. The minimum absolute atomic E-state index is 0.0259. The molecule has 1 aromatic heterocycles. The van der Waals surface area contributed by atoms with E-state index in [4.69, 9.17) is 28.1 Å². The summed E-state index contributed by atoms with van der Waals surface area (Å²) in [4.78, 5) is 26.4. The number of aliphatic hydroxyl groups excluding tert-OH is 7. The Hall–Kier alpha value is -5.28. The van der Waals surface area contributed by atoms with Crippen LogP contribution < -0.4 is 14.9 Å². The topological polar surface area (TPSA) is 296 Å². The minimum Gasteiger partial charge on any atom is -0.508 e. The van der Waals surface area contributed by atoms with Crippen molar-refractivity contribution in [3.8, 4) is 40.1 Å². The fourth-order valence-corrected chi connectivity index (χ4v) is 5.76. The summed E-state index contributed by atoms with van der Waals surface area (Å²) >= 11 is 0. The molecule has 2 aliphatic heterocycles. The van der Waals surface area contributed by atoms with Crippen LogP contribution >= 0.6 is 0 Å². The van der Waals surface area contributed by atoms with Crippen molar-refractivity contribution < 1.29 is 84.0 Å². The zero-order valence-electron chi connectivity index (χ0n) is 27.9. The van der Waals surface area contributed by atoms with Gasteiger partial charge < -0.3 is 79.2 Å². The molecule has 54 heavy (non-hydrogen) atoms. The second-order valence-electron chi connectivity index (χ2n) is 12.5. The van der Waals surface area contributed by atoms with Crippen LogP contribution in [0.2, 0.25) is 0 Å². The standard InChI is InChI=1S/C36H36O18/c37-13-22-26(42)29(45)31(47)35(52-22)50-19-11-20(40)25-21(12-19)51-33(16-4-8-18(39)9-5-16)34(28(25)44)54-36-32(48)30(46)27(43)23(53-36)14-49-24(41)10-3-15-1-6-17(38)7-2-15/h1-12,22-23,26-27,29-32,35-40,42-43,45-48H,13-14H2/b10-3+/t22?,23?,26-,27-,29-,30?,31?,32?,35+,36-/m0/s1. The van der Waals surface area contributed by atoms with E-state index in [-0.39, 0.29) is 34.2 Å². The first-order valence-corrected chi connectivity index (χ1v) is 16.4. The molecule has 0 saturated carbocycles. The van der Waals surface area contributed by atoms with E-state index in [0.29, 0.717) is 5.56 Å². The van der Waals surface area contributed by atoms with Crippen molar-refractivity contribution in [2.45, 2.75) is 61.4 Å². The smallest absolute Gasteiger partial charge is 0.330 e. The summed E-state index contributed by atoms with van der Waals surface area (Å²) in [6, 6.07) is 13.2. The summed E-state index contributed by atoms with van der Waals surface area (Å²) in [7, 11) is 0. The number of benzene rings is 3. The van der Waals surface area contributed by atoms with Gasteiger partial charge in [0, 0.05) is 23.8 Å². The Morgan fingerprint density at radius 3 is 1.93 bits per heavy atom. The number of carbonyl (C=O) groups is 1. The maximum atomic E-state index is 14.0. The van der Waals surface area contributed by atoms with E-state index in [1.807, 2.05) is 0 Å². The van der Waals surface area contributed by atoms with Crippen molar-refractivity contribution in [2.24, 2.45) is 0 Å². The zero-order valence-corrected chi connectivity index (χ0v) is 27.9. The van der Waals surface area contributed by atoms with Crippen LogP contribution in [0.15, 0.2) is 76.0 Å². The predicted octanol–water partition coefficient (Wildman–Crippen LogP) is -0.802. The van der Waals surface area contributed by atoms with E-state index in [1.165, 1.54) is 42.5 Å². The molecule has 2 saturated heterocycles. The van der Waals surface area contributed by atoms with Gasteiger partial charge >= 0.3 is 5.97 Å². The van der Waals surface area contributed by atoms with Crippen LogP contribution in [0.1, 0.15) is 5.56 Å². The lowest BCUT2D eigenvalue weighted by atomic mass is 9.99. The Bertz CT molecular complexity index is 2030. The maximum Gasteiger partial charge on any atom is 0.330 e. The number of carbonyl (C=O) groups excluding carboxylic acids is 1. The monoisotopic (exact) mass is 756 g/mol. The van der Waals surface area contributed by atoms with Gasteiger partial charge in [0.25, 0.3) is 0 Å². The number of fused-ring (bicyclic) bond motifs is 1. The largest absolute Gasteiger partial charge is 0.508 e. The third-order valence-corrected chi connectivity index (χ3v) is 8.73. The first-order chi connectivity index (χ1) is 25.7. The summed E-state index contributed by atoms with van der Waals surface area (Å²) < 4.78 is 33.6. The second-order valence-corrected chi connectivity index (χ2v) is 12.5. The highest BCUT2D eigenvalue weighted by Gasteiger charge is 2.47. The van der Waals surface area contributed by atoms with Gasteiger partial charge in [0.15, 0.2) is 5.76 Å². The van der Waals surface area contributed by atoms with Crippen molar-refractivity contribution in [1.82, 2.24) is 0 Å². The number of hydrogen-bond donors (Lipinski definition) is 10. The quantitative estimate of drug-likeness (QED) is 0.0700. The molecule has 3 heterocycles. The molecule has 18 heteroatoms. The molecule has 4 aromatic rings. The van der Waals surface area contributed by atoms with Crippen molar-refractivity contribution in [1.29, 1.82) is 0 Å². The molecule has 0 bridgehead atoms. The molecule has 3 aromatic carbocycles. The van der Waals surface area contributed by atoms with Crippen LogP contribution in [0.4, 0.5) is 0 Å². The van der Waals surface area contributed by atoms with Crippen LogP contribution in [-0.2, 0) is 19.0 Å². The van der Waals surface area contributed by atoms with Gasteiger partial charge in [-0.2, -0.15) is 0 Å². The lowest BCUT2D eigenvalue weighted by Gasteiger charge is -2.39. The van der Waals surface area contributed by atoms with Gasteiger partial charge in [-0.15, -0.1) is 0 Å². The predicted molar refractivity (Wildman–Crippen MR) is 181 cm³/mol. The molecule has 10 N–H and O–H groups in total. The van der Waals surface area contributed by atoms with Gasteiger partial charge in [-0.3, -0.25) is 4.79 Å². The lowest BCUT2D eigenvalue weighted by Crippen LogP contribution is -2.60. The molecule has 2 aliphatic rings. The molecule has 6 rings (SSSR count). The maximum absolute atomic E-state index is 14.0. The van der Waals surface area contributed by atoms with Gasteiger partial charge in [-0.05, 0) is 48.0 Å².